The van der Waals surface area contributed by atoms with E-state index in [9.17, 15) is 22.8 Å². The number of aliphatic imine (C=N–C) groups is 1. The molecule has 2 aromatic rings. The van der Waals surface area contributed by atoms with E-state index in [-0.39, 0.29) is 39.4 Å². The maximum Gasteiger partial charge on any atom is 0.418 e. The quantitative estimate of drug-likeness (QED) is 0.497. The van der Waals surface area contributed by atoms with Gasteiger partial charge in [0.05, 0.1) is 21.0 Å². The lowest BCUT2D eigenvalue weighted by atomic mass is 10.1. The van der Waals surface area contributed by atoms with E-state index in [2.05, 4.69) is 25.5 Å². The Bertz CT molecular complexity index is 1260. The standard InChI is InChI=1S/C24H24F3N5O3S2/c1-32-8-6-14(7-9-32)35-15-4-5-18(17(10-15)24(25,26)27)29-23-31-21(34)19(37-23)11-16-12-28-22(36-16)30-20(33)13-2-3-13/h4-5,10-14H,2-3,6-9H2,1H3,(H,28,30,33)(H,29,31,34)/b19-11-. The van der Waals surface area contributed by atoms with Gasteiger partial charge in [-0.1, -0.05) is 11.3 Å². The summed E-state index contributed by atoms with van der Waals surface area (Å²) in [5, 5.41) is 5.73. The highest BCUT2D eigenvalue weighted by Gasteiger charge is 2.35. The Labute approximate surface area is 219 Å². The van der Waals surface area contributed by atoms with Crippen molar-refractivity contribution in [2.75, 3.05) is 25.5 Å². The van der Waals surface area contributed by atoms with Crippen LogP contribution in [0.4, 0.5) is 24.0 Å². The molecule has 13 heteroatoms. The molecule has 2 saturated heterocycles. The predicted octanol–water partition coefficient (Wildman–Crippen LogP) is 4.88. The zero-order valence-electron chi connectivity index (χ0n) is 19.8. The van der Waals surface area contributed by atoms with Crippen molar-refractivity contribution in [2.24, 2.45) is 10.9 Å². The van der Waals surface area contributed by atoms with Crippen molar-refractivity contribution in [3.8, 4) is 5.75 Å². The van der Waals surface area contributed by atoms with Crippen LogP contribution in [-0.2, 0) is 15.8 Å². The molecular weight excluding hydrogens is 527 g/mol. The number of hydrogen-bond acceptors (Lipinski definition) is 8. The first-order valence-corrected chi connectivity index (χ1v) is 13.4. The topological polar surface area (TPSA) is 95.9 Å². The monoisotopic (exact) mass is 551 g/mol. The number of nitrogens with one attached hydrogen (secondary N) is 2. The summed E-state index contributed by atoms with van der Waals surface area (Å²) in [4.78, 5) is 35.6. The van der Waals surface area contributed by atoms with Crippen LogP contribution in [0.25, 0.3) is 6.08 Å². The Morgan fingerprint density at radius 3 is 2.73 bits per heavy atom. The highest BCUT2D eigenvalue weighted by atomic mass is 32.2. The lowest BCUT2D eigenvalue weighted by Crippen LogP contribution is -2.35. The average Bonchev–Trinajstić information content (AvgIpc) is 3.52. The number of ether oxygens (including phenoxy) is 1. The maximum atomic E-state index is 13.8. The molecule has 0 radical (unpaired) electrons. The molecule has 2 amide bonds. The molecule has 5 rings (SSSR count). The number of rotatable bonds is 6. The van der Waals surface area contributed by atoms with Gasteiger partial charge in [0.15, 0.2) is 10.3 Å². The lowest BCUT2D eigenvalue weighted by molar-refractivity contribution is -0.137. The molecule has 3 aliphatic rings. The second-order valence-electron chi connectivity index (χ2n) is 9.11. The second-order valence-corrected chi connectivity index (χ2v) is 11.2. The molecule has 0 unspecified atom stereocenters. The summed E-state index contributed by atoms with van der Waals surface area (Å²) in [6.07, 6.45) is 1.53. The van der Waals surface area contributed by atoms with E-state index in [0.717, 1.165) is 56.6 Å². The lowest BCUT2D eigenvalue weighted by Gasteiger charge is -2.29. The molecule has 1 aromatic heterocycles. The van der Waals surface area contributed by atoms with Gasteiger partial charge in [-0.15, -0.1) is 0 Å². The number of carbonyl (C=O) groups is 2. The largest absolute Gasteiger partial charge is 0.490 e. The molecule has 3 heterocycles. The predicted molar refractivity (Wildman–Crippen MR) is 137 cm³/mol. The first-order chi connectivity index (χ1) is 17.6. The molecule has 1 aromatic carbocycles. The third kappa shape index (κ3) is 6.51. The van der Waals surface area contributed by atoms with E-state index >= 15 is 0 Å². The van der Waals surface area contributed by atoms with Crippen LogP contribution in [0.2, 0.25) is 0 Å². The number of alkyl halides is 3. The van der Waals surface area contributed by atoms with Gasteiger partial charge >= 0.3 is 6.18 Å². The highest BCUT2D eigenvalue weighted by Crippen LogP contribution is 2.40. The summed E-state index contributed by atoms with van der Waals surface area (Å²) < 4.78 is 47.4. The molecule has 3 fully saturated rings. The van der Waals surface area contributed by atoms with Crippen molar-refractivity contribution in [3.63, 3.8) is 0 Å². The number of piperidine rings is 1. The number of hydrogen-bond donors (Lipinski definition) is 2. The van der Waals surface area contributed by atoms with Crippen molar-refractivity contribution in [2.45, 2.75) is 38.0 Å². The summed E-state index contributed by atoms with van der Waals surface area (Å²) in [6.45, 7) is 1.65. The third-order valence-electron chi connectivity index (χ3n) is 6.09. The summed E-state index contributed by atoms with van der Waals surface area (Å²) >= 11 is 2.14. The van der Waals surface area contributed by atoms with E-state index < -0.39 is 17.6 Å². The smallest absolute Gasteiger partial charge is 0.418 e. The molecule has 8 nitrogen and oxygen atoms in total. The minimum atomic E-state index is -4.65. The minimum Gasteiger partial charge on any atom is -0.490 e. The molecule has 1 saturated carbocycles. The number of carbonyl (C=O) groups excluding carboxylic acids is 2. The minimum absolute atomic E-state index is 0.0390. The number of benzene rings is 1. The van der Waals surface area contributed by atoms with Gasteiger partial charge in [0.25, 0.3) is 5.91 Å². The first-order valence-electron chi connectivity index (χ1n) is 11.8. The van der Waals surface area contributed by atoms with Crippen LogP contribution in [0.1, 0.15) is 36.1 Å². The second kappa shape index (κ2) is 10.5. The number of thiazole rings is 1. The fraction of sp³-hybridized carbons (Fsp3) is 0.417. The van der Waals surface area contributed by atoms with Crippen molar-refractivity contribution in [3.05, 3.63) is 39.7 Å². The normalized spacial score (nSPS) is 21.5. The van der Waals surface area contributed by atoms with Gasteiger partial charge in [-0.05, 0) is 68.8 Å². The van der Waals surface area contributed by atoms with E-state index in [0.29, 0.717) is 10.0 Å². The number of amides is 2. The van der Waals surface area contributed by atoms with Gasteiger partial charge in [-0.2, -0.15) is 13.2 Å². The van der Waals surface area contributed by atoms with E-state index in [1.807, 2.05) is 7.05 Å². The van der Waals surface area contributed by atoms with Gasteiger partial charge in [0.2, 0.25) is 5.91 Å². The van der Waals surface area contributed by atoms with E-state index in [4.69, 9.17) is 4.74 Å². The van der Waals surface area contributed by atoms with E-state index in [1.54, 1.807) is 6.08 Å². The van der Waals surface area contributed by atoms with Crippen molar-refractivity contribution < 1.29 is 27.5 Å². The van der Waals surface area contributed by atoms with Gasteiger partial charge in [0.1, 0.15) is 11.9 Å². The number of halogens is 3. The first kappa shape index (κ1) is 25.7. The van der Waals surface area contributed by atoms with Crippen molar-refractivity contribution in [1.29, 1.82) is 0 Å². The molecule has 0 bridgehead atoms. The van der Waals surface area contributed by atoms with Gasteiger partial charge in [-0.3, -0.25) is 9.59 Å². The summed E-state index contributed by atoms with van der Waals surface area (Å²) in [5.41, 5.74) is -1.24. The number of nitrogens with zero attached hydrogens (tertiary/aromatic N) is 3. The molecule has 0 atom stereocenters. The summed E-state index contributed by atoms with van der Waals surface area (Å²) in [6, 6.07) is 3.69. The molecule has 1 aliphatic carbocycles. The van der Waals surface area contributed by atoms with E-state index in [1.165, 1.54) is 29.7 Å². The Balaban J connectivity index is 1.30. The molecule has 37 heavy (non-hydrogen) atoms. The number of aromatic nitrogens is 1. The number of anilines is 1. The third-order valence-corrected chi connectivity index (χ3v) is 7.86. The van der Waals surface area contributed by atoms with Crippen LogP contribution < -0.4 is 15.4 Å². The SMILES string of the molecule is CN1CCC(Oc2ccc(/N=C3/NC(=O)/C(=C/c4cnc(NC(=O)C5CC5)s4)S3)c(C(F)(F)F)c2)CC1. The van der Waals surface area contributed by atoms with Crippen LogP contribution in [-0.4, -0.2) is 53.1 Å². The Hall–Kier alpha value is -2.90. The van der Waals surface area contributed by atoms with Crippen LogP contribution in [0, 0.1) is 5.92 Å². The number of amidine groups is 1. The number of likely N-dealkylation sites (tertiary alicyclic amines) is 1. The van der Waals surface area contributed by atoms with Gasteiger partial charge < -0.3 is 20.3 Å². The fourth-order valence-corrected chi connectivity index (χ4v) is 5.55. The van der Waals surface area contributed by atoms with Crippen LogP contribution in [0.5, 0.6) is 5.75 Å². The van der Waals surface area contributed by atoms with Crippen LogP contribution >= 0.6 is 23.1 Å². The van der Waals surface area contributed by atoms with Gasteiger partial charge in [-0.25, -0.2) is 9.98 Å². The summed E-state index contributed by atoms with van der Waals surface area (Å²) in [7, 11) is 2.00. The Morgan fingerprint density at radius 1 is 1.27 bits per heavy atom. The van der Waals surface area contributed by atoms with Crippen LogP contribution in [0.3, 0.4) is 0 Å². The average molecular weight is 552 g/mol. The van der Waals surface area contributed by atoms with Crippen molar-refractivity contribution >= 4 is 57.0 Å². The number of thioether (sulfide) groups is 1. The molecule has 2 aliphatic heterocycles. The fourth-order valence-electron chi connectivity index (χ4n) is 3.89. The maximum absolute atomic E-state index is 13.8. The molecular formula is C24H24F3N5O3S2. The molecule has 196 valence electrons. The zero-order valence-corrected chi connectivity index (χ0v) is 21.4. The summed E-state index contributed by atoms with van der Waals surface area (Å²) in [5.74, 6) is -0.364. The molecule has 0 spiro atoms. The van der Waals surface area contributed by atoms with Crippen molar-refractivity contribution in [1.82, 2.24) is 15.2 Å². The van der Waals surface area contributed by atoms with Gasteiger partial charge in [0, 0.05) is 25.2 Å². The highest BCUT2D eigenvalue weighted by molar-refractivity contribution is 8.18. The zero-order chi connectivity index (χ0) is 26.2. The Morgan fingerprint density at radius 2 is 2.03 bits per heavy atom. The Kier molecular flexibility index (Phi) is 7.28. The molecule has 2 N–H and O–H groups in total. The van der Waals surface area contributed by atoms with Crippen LogP contribution in [0.15, 0.2) is 34.3 Å².